The van der Waals surface area contributed by atoms with Gasteiger partial charge in [0.15, 0.2) is 0 Å². The molecule has 0 atom stereocenters. The Hall–Kier alpha value is -1.46. The number of hydrogen-bond donors (Lipinski definition) is 0. The second-order valence-corrected chi connectivity index (χ2v) is 6.14. The van der Waals surface area contributed by atoms with E-state index in [1.54, 1.807) is 24.2 Å². The lowest BCUT2D eigenvalue weighted by Gasteiger charge is -2.05. The van der Waals surface area contributed by atoms with Gasteiger partial charge >= 0.3 is 0 Å². The molecule has 0 radical (unpaired) electrons. The monoisotopic (exact) mass is 348 g/mol. The van der Waals surface area contributed by atoms with Gasteiger partial charge in [-0.05, 0) is 29.8 Å². The van der Waals surface area contributed by atoms with Gasteiger partial charge in [0.1, 0.15) is 17.2 Å². The van der Waals surface area contributed by atoms with Gasteiger partial charge in [-0.1, -0.05) is 34.1 Å². The van der Waals surface area contributed by atoms with Gasteiger partial charge in [-0.2, -0.15) is 0 Å². The van der Waals surface area contributed by atoms with Crippen LogP contribution >= 0.6 is 27.7 Å². The van der Waals surface area contributed by atoms with E-state index < -0.39 is 0 Å². The minimum Gasteiger partial charge on any atom is -0.236 e. The van der Waals surface area contributed by atoms with Crippen molar-refractivity contribution in [3.05, 3.63) is 64.6 Å². The van der Waals surface area contributed by atoms with E-state index in [9.17, 15) is 4.39 Å². The fraction of sp³-hybridized carbons (Fsp3) is 0.0667. The van der Waals surface area contributed by atoms with E-state index in [2.05, 4.69) is 25.9 Å². The first kappa shape index (κ1) is 13.5. The number of nitrogens with zero attached hydrogens (tertiary/aromatic N) is 2. The van der Waals surface area contributed by atoms with Crippen molar-refractivity contribution < 1.29 is 4.39 Å². The topological polar surface area (TPSA) is 25.8 Å². The van der Waals surface area contributed by atoms with E-state index in [1.807, 2.05) is 30.3 Å². The fourth-order valence-electron chi connectivity index (χ4n) is 1.94. The van der Waals surface area contributed by atoms with E-state index >= 15 is 0 Å². The number of halogens is 2. The van der Waals surface area contributed by atoms with Crippen LogP contribution in [0.15, 0.2) is 58.3 Å². The molecular formula is C15H10BrFN2S. The third kappa shape index (κ3) is 2.99. The second-order valence-electron chi connectivity index (χ2n) is 4.26. The molecule has 0 aliphatic heterocycles. The van der Waals surface area contributed by atoms with Crippen LogP contribution < -0.4 is 0 Å². The minimum atomic E-state index is -0.234. The maximum atomic E-state index is 13.3. The molecule has 0 unspecified atom stereocenters. The highest BCUT2D eigenvalue weighted by Crippen LogP contribution is 2.28. The smallest absolute Gasteiger partial charge is 0.124 e. The van der Waals surface area contributed by atoms with Gasteiger partial charge in [0, 0.05) is 15.6 Å². The SMILES string of the molecule is Fc1cc(Br)cc(CSc2ncnc3ccccc23)c1. The average Bonchev–Trinajstić information content (AvgIpc) is 2.44. The third-order valence-corrected chi connectivity index (χ3v) is 4.34. The summed E-state index contributed by atoms with van der Waals surface area (Å²) in [6.07, 6.45) is 1.56. The highest BCUT2D eigenvalue weighted by atomic mass is 79.9. The van der Waals surface area contributed by atoms with E-state index in [4.69, 9.17) is 0 Å². The Morgan fingerprint density at radius 3 is 2.80 bits per heavy atom. The number of para-hydroxylation sites is 1. The lowest BCUT2D eigenvalue weighted by molar-refractivity contribution is 0.625. The number of fused-ring (bicyclic) bond motifs is 1. The molecule has 3 rings (SSSR count). The van der Waals surface area contributed by atoms with Gasteiger partial charge in [-0.3, -0.25) is 0 Å². The molecule has 0 fully saturated rings. The summed E-state index contributed by atoms with van der Waals surface area (Å²) in [6, 6.07) is 12.8. The zero-order chi connectivity index (χ0) is 13.9. The van der Waals surface area contributed by atoms with Gasteiger partial charge in [0.2, 0.25) is 0 Å². The molecule has 1 aromatic heterocycles. The molecule has 5 heteroatoms. The Morgan fingerprint density at radius 2 is 1.95 bits per heavy atom. The van der Waals surface area contributed by atoms with Gasteiger partial charge < -0.3 is 0 Å². The number of hydrogen-bond acceptors (Lipinski definition) is 3. The highest BCUT2D eigenvalue weighted by molar-refractivity contribution is 9.10. The predicted molar refractivity (Wildman–Crippen MR) is 83.2 cm³/mol. The van der Waals surface area contributed by atoms with Crippen LogP contribution in [0.1, 0.15) is 5.56 Å². The van der Waals surface area contributed by atoms with Crippen LogP contribution in [0.25, 0.3) is 10.9 Å². The molecule has 2 nitrogen and oxygen atoms in total. The summed E-state index contributed by atoms with van der Waals surface area (Å²) >= 11 is 4.89. The average molecular weight is 349 g/mol. The molecule has 20 heavy (non-hydrogen) atoms. The number of benzene rings is 2. The van der Waals surface area contributed by atoms with Crippen molar-refractivity contribution in [1.82, 2.24) is 9.97 Å². The lowest BCUT2D eigenvalue weighted by Crippen LogP contribution is -1.88. The quantitative estimate of drug-likeness (QED) is 0.501. The van der Waals surface area contributed by atoms with Crippen LogP contribution in [0.3, 0.4) is 0 Å². The Morgan fingerprint density at radius 1 is 1.10 bits per heavy atom. The molecule has 2 aromatic carbocycles. The normalized spacial score (nSPS) is 10.9. The molecular weight excluding hydrogens is 339 g/mol. The van der Waals surface area contributed by atoms with Crippen molar-refractivity contribution in [3.8, 4) is 0 Å². The summed E-state index contributed by atoms with van der Waals surface area (Å²) in [5, 5.41) is 1.94. The predicted octanol–water partition coefficient (Wildman–Crippen LogP) is 4.82. The zero-order valence-electron chi connectivity index (χ0n) is 10.4. The lowest BCUT2D eigenvalue weighted by atomic mass is 10.2. The highest BCUT2D eigenvalue weighted by Gasteiger charge is 2.05. The summed E-state index contributed by atoms with van der Waals surface area (Å²) in [4.78, 5) is 8.55. The summed E-state index contributed by atoms with van der Waals surface area (Å²) in [5.74, 6) is 0.430. The summed E-state index contributed by atoms with van der Waals surface area (Å²) in [6.45, 7) is 0. The maximum Gasteiger partial charge on any atom is 0.124 e. The Bertz CT molecular complexity index is 738. The third-order valence-electron chi connectivity index (χ3n) is 2.80. The van der Waals surface area contributed by atoms with Crippen LogP contribution in [0.4, 0.5) is 4.39 Å². The van der Waals surface area contributed by atoms with Gasteiger partial charge in [-0.25, -0.2) is 14.4 Å². The maximum absolute atomic E-state index is 13.3. The summed E-state index contributed by atoms with van der Waals surface area (Å²) < 4.78 is 14.1. The number of rotatable bonds is 3. The molecule has 0 saturated carbocycles. The Balaban J connectivity index is 1.87. The molecule has 0 saturated heterocycles. The van der Waals surface area contributed by atoms with Crippen LogP contribution in [-0.4, -0.2) is 9.97 Å². The van der Waals surface area contributed by atoms with Gasteiger partial charge in [0.05, 0.1) is 5.52 Å². The summed E-state index contributed by atoms with van der Waals surface area (Å²) in [7, 11) is 0. The van der Waals surface area contributed by atoms with E-state index in [-0.39, 0.29) is 5.82 Å². The Kier molecular flexibility index (Phi) is 3.98. The molecule has 0 aliphatic rings. The first-order valence-electron chi connectivity index (χ1n) is 6.00. The molecule has 1 heterocycles. The first-order valence-corrected chi connectivity index (χ1v) is 7.78. The first-order chi connectivity index (χ1) is 9.72. The van der Waals surface area contributed by atoms with Crippen LogP contribution in [0.5, 0.6) is 0 Å². The molecule has 3 aromatic rings. The molecule has 0 amide bonds. The molecule has 0 aliphatic carbocycles. The zero-order valence-corrected chi connectivity index (χ0v) is 12.8. The fourth-order valence-corrected chi connectivity index (χ4v) is 3.37. The van der Waals surface area contributed by atoms with E-state index in [1.165, 1.54) is 6.07 Å². The number of thioether (sulfide) groups is 1. The molecule has 100 valence electrons. The van der Waals surface area contributed by atoms with E-state index in [0.717, 1.165) is 26.0 Å². The van der Waals surface area contributed by atoms with Crippen molar-refractivity contribution in [1.29, 1.82) is 0 Å². The van der Waals surface area contributed by atoms with Crippen LogP contribution in [0, 0.1) is 5.82 Å². The molecule has 0 bridgehead atoms. The van der Waals surface area contributed by atoms with E-state index in [0.29, 0.717) is 5.75 Å². The largest absolute Gasteiger partial charge is 0.236 e. The summed E-state index contributed by atoms with van der Waals surface area (Å²) in [5.41, 5.74) is 1.84. The van der Waals surface area contributed by atoms with Crippen molar-refractivity contribution in [2.24, 2.45) is 0 Å². The van der Waals surface area contributed by atoms with Crippen molar-refractivity contribution in [3.63, 3.8) is 0 Å². The number of aromatic nitrogens is 2. The van der Waals surface area contributed by atoms with Crippen molar-refractivity contribution >= 4 is 38.6 Å². The Labute approximate surface area is 128 Å². The van der Waals surface area contributed by atoms with Crippen molar-refractivity contribution in [2.45, 2.75) is 10.8 Å². The molecule has 0 N–H and O–H groups in total. The minimum absolute atomic E-state index is 0.234. The second kappa shape index (κ2) is 5.89. The standard InChI is InChI=1S/C15H10BrFN2S/c16-11-5-10(6-12(17)7-11)8-20-15-13-3-1-2-4-14(13)18-9-19-15/h1-7,9H,8H2. The van der Waals surface area contributed by atoms with Crippen molar-refractivity contribution in [2.75, 3.05) is 0 Å². The van der Waals surface area contributed by atoms with Gasteiger partial charge in [-0.15, -0.1) is 11.8 Å². The van der Waals surface area contributed by atoms with Crippen LogP contribution in [0.2, 0.25) is 0 Å². The molecule has 0 spiro atoms. The van der Waals surface area contributed by atoms with Crippen LogP contribution in [-0.2, 0) is 5.75 Å². The van der Waals surface area contributed by atoms with Gasteiger partial charge in [0.25, 0.3) is 0 Å².